The third-order valence-electron chi connectivity index (χ3n) is 4.48. The summed E-state index contributed by atoms with van der Waals surface area (Å²) in [5, 5.41) is 9.01. The number of rotatable bonds is 4. The molecular weight excluding hydrogens is 260 g/mol. The van der Waals surface area contributed by atoms with E-state index in [4.69, 9.17) is 5.26 Å². The van der Waals surface area contributed by atoms with Crippen LogP contribution in [0.4, 0.5) is 5.69 Å². The largest absolute Gasteiger partial charge is 0.315 e. The van der Waals surface area contributed by atoms with Crippen LogP contribution in [0.1, 0.15) is 51.5 Å². The molecule has 0 heterocycles. The molecule has 1 amide bonds. The van der Waals surface area contributed by atoms with Crippen LogP contribution in [0.25, 0.3) is 0 Å². The molecule has 1 fully saturated rings. The second-order valence-electron chi connectivity index (χ2n) is 6.61. The lowest BCUT2D eigenvalue weighted by molar-refractivity contribution is -0.128. The number of nitriles is 1. The molecule has 1 aliphatic carbocycles. The topological polar surface area (TPSA) is 44.1 Å². The lowest BCUT2D eigenvalue weighted by Crippen LogP contribution is -2.41. The Labute approximate surface area is 127 Å². The highest BCUT2D eigenvalue weighted by atomic mass is 16.2. The average molecular weight is 284 g/mol. The van der Waals surface area contributed by atoms with Gasteiger partial charge in [0.05, 0.1) is 11.6 Å². The van der Waals surface area contributed by atoms with Gasteiger partial charge in [-0.3, -0.25) is 4.79 Å². The minimum absolute atomic E-state index is 0.203. The van der Waals surface area contributed by atoms with Crippen molar-refractivity contribution in [1.29, 1.82) is 5.26 Å². The van der Waals surface area contributed by atoms with Crippen LogP contribution in [0.15, 0.2) is 24.3 Å². The molecule has 3 heteroatoms. The summed E-state index contributed by atoms with van der Waals surface area (Å²) in [5.74, 6) is 0.731. The van der Waals surface area contributed by atoms with E-state index in [9.17, 15) is 4.79 Å². The van der Waals surface area contributed by atoms with Gasteiger partial charge in [0.25, 0.3) is 0 Å². The van der Waals surface area contributed by atoms with Gasteiger partial charge < -0.3 is 4.90 Å². The van der Waals surface area contributed by atoms with Crippen molar-refractivity contribution in [3.05, 3.63) is 29.8 Å². The fraction of sp³-hybridized carbons (Fsp3) is 0.556. The molecule has 0 aliphatic heterocycles. The number of nitrogens with zero attached hydrogens (tertiary/aromatic N) is 2. The van der Waals surface area contributed by atoms with E-state index in [1.807, 2.05) is 19.2 Å². The van der Waals surface area contributed by atoms with Gasteiger partial charge in [-0.15, -0.1) is 0 Å². The Morgan fingerprint density at radius 3 is 2.62 bits per heavy atom. The lowest BCUT2D eigenvalue weighted by atomic mass is 9.77. The zero-order valence-corrected chi connectivity index (χ0v) is 13.2. The fourth-order valence-corrected chi connectivity index (χ4v) is 3.60. The van der Waals surface area contributed by atoms with Gasteiger partial charge >= 0.3 is 0 Å². The summed E-state index contributed by atoms with van der Waals surface area (Å²) >= 11 is 0. The van der Waals surface area contributed by atoms with Gasteiger partial charge in [-0.25, -0.2) is 0 Å². The first kappa shape index (κ1) is 15.6. The van der Waals surface area contributed by atoms with Crippen LogP contribution in [0.5, 0.6) is 0 Å². The number of amides is 1. The molecule has 0 radical (unpaired) electrons. The summed E-state index contributed by atoms with van der Waals surface area (Å²) in [6.07, 6.45) is 5.22. The van der Waals surface area contributed by atoms with Crippen LogP contribution >= 0.6 is 0 Å². The number of hydrogen-bond donors (Lipinski definition) is 0. The van der Waals surface area contributed by atoms with E-state index in [-0.39, 0.29) is 11.3 Å². The van der Waals surface area contributed by atoms with E-state index >= 15 is 0 Å². The van der Waals surface area contributed by atoms with Gasteiger partial charge in [-0.1, -0.05) is 32.8 Å². The molecule has 1 aromatic rings. The van der Waals surface area contributed by atoms with Crippen LogP contribution in [0, 0.1) is 22.7 Å². The van der Waals surface area contributed by atoms with Crippen molar-refractivity contribution >= 4 is 11.6 Å². The van der Waals surface area contributed by atoms with Gasteiger partial charge in [0, 0.05) is 18.2 Å². The first-order chi connectivity index (χ1) is 9.98. The number of carbonyl (C=O) groups is 1. The molecule has 0 spiro atoms. The zero-order valence-electron chi connectivity index (χ0n) is 13.2. The normalized spacial score (nSPS) is 16.7. The first-order valence-corrected chi connectivity index (χ1v) is 7.77. The van der Waals surface area contributed by atoms with Crippen LogP contribution in [0.2, 0.25) is 0 Å². The molecule has 0 atom stereocenters. The molecule has 0 bridgehead atoms. The molecular formula is C18H24N2O. The molecule has 0 saturated heterocycles. The summed E-state index contributed by atoms with van der Waals surface area (Å²) in [6, 6.07) is 9.42. The number of carbonyl (C=O) groups excluding carboxylic acids is 1. The first-order valence-electron chi connectivity index (χ1n) is 7.77. The van der Waals surface area contributed by atoms with Crippen LogP contribution in [-0.2, 0) is 4.79 Å². The Morgan fingerprint density at radius 2 is 2.05 bits per heavy atom. The van der Waals surface area contributed by atoms with E-state index in [2.05, 4.69) is 19.9 Å². The quantitative estimate of drug-likeness (QED) is 0.834. The maximum Gasteiger partial charge on any atom is 0.232 e. The van der Waals surface area contributed by atoms with Gasteiger partial charge in [-0.2, -0.15) is 5.26 Å². The third-order valence-corrected chi connectivity index (χ3v) is 4.48. The highest BCUT2D eigenvalue weighted by molar-refractivity contribution is 5.97. The summed E-state index contributed by atoms with van der Waals surface area (Å²) in [7, 11) is 1.83. The Morgan fingerprint density at radius 1 is 1.38 bits per heavy atom. The molecule has 0 N–H and O–H groups in total. The molecule has 1 saturated carbocycles. The standard InChI is InChI=1S/C18H24N2O/c1-14(2)12-18(9-4-5-10-18)17(21)20(3)16-8-6-7-15(11-16)13-19/h6-8,11,14H,4-5,9-10,12H2,1-3H3. The van der Waals surface area contributed by atoms with Crippen molar-refractivity contribution in [2.75, 3.05) is 11.9 Å². The predicted molar refractivity (Wildman–Crippen MR) is 84.9 cm³/mol. The Kier molecular flexibility index (Phi) is 4.67. The number of benzene rings is 1. The lowest BCUT2D eigenvalue weighted by Gasteiger charge is -2.34. The molecule has 0 aromatic heterocycles. The van der Waals surface area contributed by atoms with E-state index in [0.29, 0.717) is 11.5 Å². The number of hydrogen-bond acceptors (Lipinski definition) is 2. The fourth-order valence-electron chi connectivity index (χ4n) is 3.60. The van der Waals surface area contributed by atoms with Crippen molar-refractivity contribution in [1.82, 2.24) is 0 Å². The van der Waals surface area contributed by atoms with Gasteiger partial charge in [-0.05, 0) is 43.4 Å². The third kappa shape index (κ3) is 3.26. The van der Waals surface area contributed by atoms with Gasteiger partial charge in [0.1, 0.15) is 0 Å². The van der Waals surface area contributed by atoms with Crippen molar-refractivity contribution < 1.29 is 4.79 Å². The molecule has 0 unspecified atom stereocenters. The van der Waals surface area contributed by atoms with Crippen molar-refractivity contribution in [3.63, 3.8) is 0 Å². The van der Waals surface area contributed by atoms with E-state index < -0.39 is 0 Å². The van der Waals surface area contributed by atoms with Gasteiger partial charge in [0.2, 0.25) is 5.91 Å². The predicted octanol–water partition coefficient (Wildman–Crippen LogP) is 4.13. The van der Waals surface area contributed by atoms with E-state index in [1.54, 1.807) is 17.0 Å². The maximum absolute atomic E-state index is 13.0. The Bertz CT molecular complexity index is 551. The molecule has 3 nitrogen and oxygen atoms in total. The highest BCUT2D eigenvalue weighted by Crippen LogP contribution is 2.45. The Balaban J connectivity index is 2.26. The number of anilines is 1. The van der Waals surface area contributed by atoms with Crippen LogP contribution in [0.3, 0.4) is 0 Å². The van der Waals surface area contributed by atoms with Crippen LogP contribution < -0.4 is 4.90 Å². The minimum Gasteiger partial charge on any atom is -0.315 e. The SMILES string of the molecule is CC(C)CC1(C(=O)N(C)c2cccc(C#N)c2)CCCC1. The molecule has 1 aromatic carbocycles. The second kappa shape index (κ2) is 6.30. The highest BCUT2D eigenvalue weighted by Gasteiger charge is 2.43. The summed E-state index contributed by atoms with van der Waals surface area (Å²) in [4.78, 5) is 14.8. The molecule has 21 heavy (non-hydrogen) atoms. The summed E-state index contributed by atoms with van der Waals surface area (Å²) in [5.41, 5.74) is 1.21. The average Bonchev–Trinajstić information content (AvgIpc) is 2.94. The van der Waals surface area contributed by atoms with E-state index in [1.165, 1.54) is 0 Å². The van der Waals surface area contributed by atoms with Crippen LogP contribution in [-0.4, -0.2) is 13.0 Å². The second-order valence-corrected chi connectivity index (χ2v) is 6.61. The maximum atomic E-state index is 13.0. The minimum atomic E-state index is -0.203. The molecule has 112 valence electrons. The van der Waals surface area contributed by atoms with Crippen molar-refractivity contribution in [2.45, 2.75) is 46.0 Å². The monoisotopic (exact) mass is 284 g/mol. The van der Waals surface area contributed by atoms with Gasteiger partial charge in [0.15, 0.2) is 0 Å². The molecule has 2 rings (SSSR count). The zero-order chi connectivity index (χ0) is 15.5. The summed E-state index contributed by atoms with van der Waals surface area (Å²) < 4.78 is 0. The van der Waals surface area contributed by atoms with Crippen molar-refractivity contribution in [2.24, 2.45) is 11.3 Å². The smallest absolute Gasteiger partial charge is 0.232 e. The van der Waals surface area contributed by atoms with E-state index in [0.717, 1.165) is 37.8 Å². The van der Waals surface area contributed by atoms with Crippen molar-refractivity contribution in [3.8, 4) is 6.07 Å². The molecule has 1 aliphatic rings. The summed E-state index contributed by atoms with van der Waals surface area (Å²) in [6.45, 7) is 4.37. The Hall–Kier alpha value is -1.82.